The minimum absolute atomic E-state index is 0.189. The van der Waals surface area contributed by atoms with E-state index in [9.17, 15) is 0 Å². The fourth-order valence-corrected chi connectivity index (χ4v) is 20.3. The van der Waals surface area contributed by atoms with Crippen LogP contribution in [0.25, 0.3) is 0 Å². The first-order valence-corrected chi connectivity index (χ1v) is 33.4. The Labute approximate surface area is 477 Å². The molecule has 0 aromatic rings. The third-order valence-corrected chi connectivity index (χ3v) is 24.3. The molecule has 9 N–H and O–H groups in total. The molecule has 454 valence electrons. The van der Waals surface area contributed by atoms with E-state index in [-0.39, 0.29) is 5.41 Å². The summed E-state index contributed by atoms with van der Waals surface area (Å²) in [6.07, 6.45) is 26.0. The van der Waals surface area contributed by atoms with Crippen LogP contribution in [0.1, 0.15) is 190 Å². The second kappa shape index (κ2) is 30.5. The second-order valence-corrected chi connectivity index (χ2v) is 27.9. The Morgan fingerprint density at radius 3 is 1.76 bits per heavy atom. The van der Waals surface area contributed by atoms with E-state index in [0.29, 0.717) is 164 Å². The molecule has 78 heavy (non-hydrogen) atoms. The highest BCUT2D eigenvalue weighted by Crippen LogP contribution is 2.69. The van der Waals surface area contributed by atoms with Gasteiger partial charge in [0.2, 0.25) is 0 Å². The Morgan fingerprint density at radius 2 is 1.09 bits per heavy atom. The lowest BCUT2D eigenvalue weighted by Gasteiger charge is -2.65. The molecule has 8 rings (SSSR count). The lowest BCUT2D eigenvalue weighted by molar-refractivity contribution is -0.192. The van der Waals surface area contributed by atoms with Gasteiger partial charge in [-0.3, -0.25) is 16.0 Å². The molecule has 0 unspecified atom stereocenters. The quantitative estimate of drug-likeness (QED) is 0.0265. The molecule has 13 heteroatoms. The van der Waals surface area contributed by atoms with Crippen LogP contribution in [0.3, 0.4) is 0 Å². The molecule has 13 nitrogen and oxygen atoms in total. The van der Waals surface area contributed by atoms with Gasteiger partial charge in [-0.2, -0.15) is 0 Å². The van der Waals surface area contributed by atoms with Gasteiger partial charge in [-0.15, -0.1) is 0 Å². The van der Waals surface area contributed by atoms with Gasteiger partial charge in [-0.25, -0.2) is 0 Å². The fourth-order valence-electron chi connectivity index (χ4n) is 20.3. The summed E-state index contributed by atoms with van der Waals surface area (Å²) in [5, 5.41) is 11.9. The van der Waals surface area contributed by atoms with Gasteiger partial charge in [0.25, 0.3) is 0 Å². The molecule has 0 amide bonds. The fraction of sp³-hybridized carbons (Fsp3) is 1.00. The van der Waals surface area contributed by atoms with E-state index >= 15 is 0 Å². The Kier molecular flexibility index (Phi) is 24.8. The smallest absolute Gasteiger partial charge is 0.0967 e. The van der Waals surface area contributed by atoms with Gasteiger partial charge < -0.3 is 50.4 Å². The van der Waals surface area contributed by atoms with Gasteiger partial charge >= 0.3 is 0 Å². The molecule has 0 radical (unpaired) electrons. The molecular weight excluding hydrogens is 977 g/mol. The highest BCUT2D eigenvalue weighted by molar-refractivity contribution is 5.17. The minimum atomic E-state index is 0.189. The standard InChI is InChI=1S/C65H122N6O7/c1-9-72-41-69-48-23-25-63(6)46(35-48)38-57(77-33-15-28-67)62-53-22-21-52(65(53,8)59(40-55(62)63)71-43-74-11-3)45(5)18-13-31-75-30-12-17-44(4)50-19-20-51-60(50)58(78-34-16-29-68)39-54-61(51)56(70-42-73-10-2)37-47-36-49(76-32-14-27-66)24-26-64(47,54)7/h44-62,69-71H,9-43,66-68H2,1-8H3/t44-,45-,46+,47+,48-,49-,50-,51-,52-,53+,54+,55+,56+,57-,58+,59+,60-,61+,62+,63+,64+,65-/m1/s1. The molecule has 8 saturated carbocycles. The van der Waals surface area contributed by atoms with Gasteiger partial charge in [0, 0.05) is 71.0 Å². The molecule has 22 atom stereocenters. The highest BCUT2D eigenvalue weighted by atomic mass is 16.5. The largest absolute Gasteiger partial charge is 0.381 e. The molecule has 0 aromatic heterocycles. The van der Waals surface area contributed by atoms with Gasteiger partial charge in [0.1, 0.15) is 0 Å². The monoisotopic (exact) mass is 1100 g/mol. The highest BCUT2D eigenvalue weighted by Gasteiger charge is 2.67. The van der Waals surface area contributed by atoms with Crippen LogP contribution in [0.4, 0.5) is 0 Å². The summed E-state index contributed by atoms with van der Waals surface area (Å²) in [6, 6.07) is 1.43. The van der Waals surface area contributed by atoms with Crippen molar-refractivity contribution >= 4 is 0 Å². The molecule has 0 saturated heterocycles. The summed E-state index contributed by atoms with van der Waals surface area (Å²) in [6.45, 7) is 29.9. The Hall–Kier alpha value is -0.520. The molecule has 8 fully saturated rings. The average molecular weight is 1100 g/mol. The number of nitrogens with one attached hydrogen (secondary N) is 3. The SMILES string of the molecule is CCOCN[C@@H]1CC[C@@]2(C)[C@@H](C1)C[C@@H](OCCCN)[C@@H]1[C@@H]2C[C@H](NCOCC)[C@]2(C)[C@@H]([C@H](C)CCCOCCC[C@@H](C)[C@H]3CC[C@@H]4[C@@H]3[C@@H](OCCCN)C[C@H]3[C@H]4[C@@H](NCOCC)C[C@@H]4C[C@H](OCCCN)CC[C@@]43C)CC[C@@H]12. The van der Waals surface area contributed by atoms with Crippen molar-refractivity contribution in [3.05, 3.63) is 0 Å². The topological polar surface area (TPSA) is 179 Å². The maximum absolute atomic E-state index is 7.08. The van der Waals surface area contributed by atoms with Crippen molar-refractivity contribution in [2.45, 2.75) is 227 Å². The summed E-state index contributed by atoms with van der Waals surface area (Å²) in [4.78, 5) is 0. The van der Waals surface area contributed by atoms with Crippen LogP contribution >= 0.6 is 0 Å². The number of nitrogens with two attached hydrogens (primary N) is 3. The molecule has 0 aliphatic heterocycles. The number of fused-ring (bicyclic) bond motifs is 10. The maximum atomic E-state index is 7.08. The molecule has 8 aliphatic rings. The van der Waals surface area contributed by atoms with Crippen LogP contribution in [-0.4, -0.2) is 129 Å². The summed E-state index contributed by atoms with van der Waals surface area (Å²) in [5.74, 6) is 8.42. The third kappa shape index (κ3) is 14.2. The van der Waals surface area contributed by atoms with Crippen molar-refractivity contribution in [1.29, 1.82) is 0 Å². The number of hydrogen-bond acceptors (Lipinski definition) is 13. The first-order chi connectivity index (χ1) is 37.9. The van der Waals surface area contributed by atoms with Crippen molar-refractivity contribution in [2.24, 2.45) is 110 Å². The Bertz CT molecular complexity index is 1720. The van der Waals surface area contributed by atoms with Crippen LogP contribution in [0.5, 0.6) is 0 Å². The summed E-state index contributed by atoms with van der Waals surface area (Å²) >= 11 is 0. The predicted molar refractivity (Wildman–Crippen MR) is 315 cm³/mol. The van der Waals surface area contributed by atoms with Crippen LogP contribution in [0.2, 0.25) is 0 Å². The van der Waals surface area contributed by atoms with Gasteiger partial charge in [0.15, 0.2) is 0 Å². The summed E-state index contributed by atoms with van der Waals surface area (Å²) < 4.78 is 45.1. The first-order valence-electron chi connectivity index (χ1n) is 33.4. The van der Waals surface area contributed by atoms with Crippen molar-refractivity contribution in [2.75, 3.05) is 92.7 Å². The summed E-state index contributed by atoms with van der Waals surface area (Å²) in [7, 11) is 0. The third-order valence-electron chi connectivity index (χ3n) is 24.3. The van der Waals surface area contributed by atoms with Crippen molar-refractivity contribution in [1.82, 2.24) is 16.0 Å². The van der Waals surface area contributed by atoms with Gasteiger partial charge in [-0.1, -0.05) is 34.6 Å². The number of ether oxygens (including phenoxy) is 7. The van der Waals surface area contributed by atoms with Gasteiger partial charge in [0.05, 0.1) is 38.5 Å². The van der Waals surface area contributed by atoms with E-state index in [1.807, 2.05) is 0 Å². The summed E-state index contributed by atoms with van der Waals surface area (Å²) in [5.41, 5.74) is 18.9. The Morgan fingerprint density at radius 1 is 0.500 bits per heavy atom. The van der Waals surface area contributed by atoms with E-state index in [1.54, 1.807) is 0 Å². The first kappa shape index (κ1) is 63.5. The average Bonchev–Trinajstić information content (AvgIpc) is 4.08. The minimum Gasteiger partial charge on any atom is -0.381 e. The van der Waals surface area contributed by atoms with Gasteiger partial charge in [-0.05, 0) is 268 Å². The van der Waals surface area contributed by atoms with Crippen LogP contribution in [0, 0.1) is 93.2 Å². The number of rotatable bonds is 34. The molecule has 0 spiro atoms. The van der Waals surface area contributed by atoms with Crippen LogP contribution in [-0.2, 0) is 33.2 Å². The lowest BCUT2D eigenvalue weighted by atomic mass is 9.42. The molecule has 8 aliphatic carbocycles. The lowest BCUT2D eigenvalue weighted by Crippen LogP contribution is -2.65. The molecule has 0 heterocycles. The molecule has 0 bridgehead atoms. The van der Waals surface area contributed by atoms with Crippen LogP contribution in [0.15, 0.2) is 0 Å². The normalized spacial score (nSPS) is 41.8. The van der Waals surface area contributed by atoms with E-state index in [2.05, 4.69) is 71.3 Å². The van der Waals surface area contributed by atoms with E-state index in [1.165, 1.54) is 103 Å². The zero-order chi connectivity index (χ0) is 55.3. The molecular formula is C65H122N6O7. The maximum Gasteiger partial charge on any atom is 0.0967 e. The van der Waals surface area contributed by atoms with Crippen molar-refractivity contribution < 1.29 is 33.2 Å². The second-order valence-electron chi connectivity index (χ2n) is 27.9. The zero-order valence-electron chi connectivity index (χ0n) is 51.3. The Balaban J connectivity index is 0.862. The van der Waals surface area contributed by atoms with Crippen molar-refractivity contribution in [3.8, 4) is 0 Å². The zero-order valence-corrected chi connectivity index (χ0v) is 51.3. The van der Waals surface area contributed by atoms with Crippen molar-refractivity contribution in [3.63, 3.8) is 0 Å². The van der Waals surface area contributed by atoms with E-state index < -0.39 is 0 Å². The predicted octanol–water partition coefficient (Wildman–Crippen LogP) is 10.3. The number of hydrogen-bond donors (Lipinski definition) is 6. The van der Waals surface area contributed by atoms with E-state index in [0.717, 1.165) is 85.0 Å². The molecule has 0 aromatic carbocycles. The van der Waals surface area contributed by atoms with E-state index in [4.69, 9.17) is 50.4 Å². The van der Waals surface area contributed by atoms with Crippen LogP contribution < -0.4 is 33.2 Å².